The molecule has 160 valence electrons. The second-order valence-corrected chi connectivity index (χ2v) is 7.86. The van der Waals surface area contributed by atoms with Gasteiger partial charge in [-0.25, -0.2) is 9.78 Å². The second-order valence-electron chi connectivity index (χ2n) is 7.86. The van der Waals surface area contributed by atoms with Gasteiger partial charge in [-0.2, -0.15) is 9.61 Å². The van der Waals surface area contributed by atoms with Crippen LogP contribution in [0.4, 0.5) is 10.6 Å². The quantitative estimate of drug-likeness (QED) is 0.622. The average Bonchev–Trinajstić information content (AvgIpc) is 3.19. The highest BCUT2D eigenvalue weighted by atomic mass is 16.2. The number of piperidine rings is 1. The first-order valence-electron chi connectivity index (χ1n) is 10.9. The molecule has 0 saturated carbocycles. The van der Waals surface area contributed by atoms with Crippen molar-refractivity contribution >= 4 is 30.8 Å². The lowest BCUT2D eigenvalue weighted by Gasteiger charge is -2.35. The van der Waals surface area contributed by atoms with Crippen molar-refractivity contribution < 1.29 is 4.79 Å². The number of carbonyl (C=O) groups is 1. The van der Waals surface area contributed by atoms with Crippen molar-refractivity contribution in [2.45, 2.75) is 39.2 Å². The Kier molecular flexibility index (Phi) is 6.39. The van der Waals surface area contributed by atoms with Crippen LogP contribution in [0.1, 0.15) is 43.9 Å². The number of nitrogens with zero attached hydrogens (tertiary/aromatic N) is 6. The lowest BCUT2D eigenvalue weighted by Crippen LogP contribution is -2.47. The zero-order valence-corrected chi connectivity index (χ0v) is 18.2. The lowest BCUT2D eigenvalue weighted by molar-refractivity contribution is 0.142. The molecule has 1 aliphatic rings. The summed E-state index contributed by atoms with van der Waals surface area (Å²) in [7, 11) is 6.15. The Bertz CT molecular complexity index is 1040. The van der Waals surface area contributed by atoms with Crippen molar-refractivity contribution in [2.75, 3.05) is 31.5 Å². The summed E-state index contributed by atoms with van der Waals surface area (Å²) in [6.45, 7) is 7.53. The standard InChI is InChI=1S/C22H28BN7O/c1-3-28(4-2)22(31)29-10-6-8-17(15-29)19-11-20(25-13-16-7-5-9-24-12-16)30-21(27-19)18(23)14-26-30/h5,7,9,11-12,14,17,25H,3-4,6,8,10,13,15H2,1-2H3. The van der Waals surface area contributed by atoms with Gasteiger partial charge in [0, 0.05) is 63.3 Å². The number of hydrogen-bond acceptors (Lipinski definition) is 5. The highest BCUT2D eigenvalue weighted by Gasteiger charge is 2.28. The van der Waals surface area contributed by atoms with E-state index < -0.39 is 0 Å². The molecule has 0 spiro atoms. The molecule has 4 rings (SSSR count). The summed E-state index contributed by atoms with van der Waals surface area (Å²) >= 11 is 0. The molecular weight excluding hydrogens is 389 g/mol. The van der Waals surface area contributed by atoms with E-state index >= 15 is 0 Å². The van der Waals surface area contributed by atoms with Crippen LogP contribution in [0.2, 0.25) is 0 Å². The van der Waals surface area contributed by atoms with Crippen LogP contribution in [0, 0.1) is 0 Å². The van der Waals surface area contributed by atoms with E-state index in [2.05, 4.69) is 15.4 Å². The molecule has 1 aliphatic heterocycles. The minimum Gasteiger partial charge on any atom is -0.366 e. The van der Waals surface area contributed by atoms with Crippen molar-refractivity contribution in [2.24, 2.45) is 0 Å². The number of pyridine rings is 1. The lowest BCUT2D eigenvalue weighted by atomic mass is 9.94. The van der Waals surface area contributed by atoms with Gasteiger partial charge in [-0.05, 0) is 43.8 Å². The maximum Gasteiger partial charge on any atom is 0.319 e. The van der Waals surface area contributed by atoms with Crippen LogP contribution in [0.15, 0.2) is 36.8 Å². The van der Waals surface area contributed by atoms with Gasteiger partial charge in [0.2, 0.25) is 0 Å². The summed E-state index contributed by atoms with van der Waals surface area (Å²) in [5.74, 6) is 0.985. The summed E-state index contributed by atoms with van der Waals surface area (Å²) in [6.07, 6.45) is 7.16. The number of urea groups is 1. The van der Waals surface area contributed by atoms with E-state index in [1.54, 1.807) is 16.9 Å². The Hall–Kier alpha value is -3.10. The molecule has 1 saturated heterocycles. The van der Waals surface area contributed by atoms with Crippen LogP contribution in [0.25, 0.3) is 5.65 Å². The van der Waals surface area contributed by atoms with E-state index in [4.69, 9.17) is 12.8 Å². The van der Waals surface area contributed by atoms with Crippen molar-refractivity contribution in [3.05, 3.63) is 48.0 Å². The Balaban J connectivity index is 1.59. The summed E-state index contributed by atoms with van der Waals surface area (Å²) in [5, 5.41) is 7.83. The number of fused-ring (bicyclic) bond motifs is 1. The molecule has 1 atom stereocenters. The molecule has 3 aromatic rings. The summed E-state index contributed by atoms with van der Waals surface area (Å²) < 4.78 is 1.73. The molecule has 3 aromatic heterocycles. The third kappa shape index (κ3) is 4.50. The minimum absolute atomic E-state index is 0.106. The zero-order chi connectivity index (χ0) is 21.8. The Morgan fingerprint density at radius 2 is 2.16 bits per heavy atom. The highest BCUT2D eigenvalue weighted by molar-refractivity contribution is 6.36. The smallest absolute Gasteiger partial charge is 0.319 e. The number of rotatable bonds is 6. The third-order valence-electron chi connectivity index (χ3n) is 5.86. The van der Waals surface area contributed by atoms with Gasteiger partial charge < -0.3 is 15.1 Å². The molecule has 0 aliphatic carbocycles. The van der Waals surface area contributed by atoms with E-state index in [1.807, 2.05) is 48.0 Å². The van der Waals surface area contributed by atoms with E-state index in [0.29, 0.717) is 24.2 Å². The van der Waals surface area contributed by atoms with Gasteiger partial charge in [0.15, 0.2) is 5.65 Å². The molecule has 2 amide bonds. The average molecular weight is 417 g/mol. The predicted octanol–water partition coefficient (Wildman–Crippen LogP) is 2.17. The number of likely N-dealkylation sites (tertiary alicyclic amines) is 1. The number of carbonyl (C=O) groups excluding carboxylic acids is 1. The molecule has 31 heavy (non-hydrogen) atoms. The number of nitrogens with one attached hydrogen (secondary N) is 1. The molecule has 0 bridgehead atoms. The fourth-order valence-electron chi connectivity index (χ4n) is 4.12. The Morgan fingerprint density at radius 1 is 1.32 bits per heavy atom. The van der Waals surface area contributed by atoms with Gasteiger partial charge in [-0.3, -0.25) is 4.98 Å². The van der Waals surface area contributed by atoms with Gasteiger partial charge in [-0.1, -0.05) is 6.07 Å². The van der Waals surface area contributed by atoms with E-state index in [1.165, 1.54) is 0 Å². The molecule has 8 nitrogen and oxygen atoms in total. The van der Waals surface area contributed by atoms with E-state index in [0.717, 1.165) is 49.6 Å². The van der Waals surface area contributed by atoms with Crippen LogP contribution < -0.4 is 10.8 Å². The number of aromatic nitrogens is 4. The SMILES string of the molecule is [B]c1cnn2c(NCc3cccnc3)cc(C3CCCN(C(=O)N(CC)CC)C3)nc12. The summed E-state index contributed by atoms with van der Waals surface area (Å²) in [6, 6.07) is 6.08. The van der Waals surface area contributed by atoms with Gasteiger partial charge >= 0.3 is 6.03 Å². The number of anilines is 1. The molecular formula is C22H28BN7O. The first-order valence-corrected chi connectivity index (χ1v) is 10.9. The highest BCUT2D eigenvalue weighted by Crippen LogP contribution is 2.28. The van der Waals surface area contributed by atoms with Crippen LogP contribution >= 0.6 is 0 Å². The Labute approximate surface area is 184 Å². The number of amides is 2. The molecule has 0 aromatic carbocycles. The van der Waals surface area contributed by atoms with Crippen LogP contribution in [0.5, 0.6) is 0 Å². The summed E-state index contributed by atoms with van der Waals surface area (Å²) in [4.78, 5) is 25.7. The van der Waals surface area contributed by atoms with E-state index in [-0.39, 0.29) is 11.9 Å². The topological polar surface area (TPSA) is 78.7 Å². The molecule has 1 unspecified atom stereocenters. The van der Waals surface area contributed by atoms with Gasteiger partial charge in [0.05, 0.1) is 5.69 Å². The first kappa shape index (κ1) is 21.1. The maximum atomic E-state index is 12.9. The largest absolute Gasteiger partial charge is 0.366 e. The van der Waals surface area contributed by atoms with Crippen LogP contribution in [-0.2, 0) is 6.54 Å². The van der Waals surface area contributed by atoms with Crippen molar-refractivity contribution in [3.63, 3.8) is 0 Å². The maximum absolute atomic E-state index is 12.9. The number of hydrogen-bond donors (Lipinski definition) is 1. The monoisotopic (exact) mass is 417 g/mol. The molecule has 2 radical (unpaired) electrons. The fraction of sp³-hybridized carbons (Fsp3) is 0.455. The van der Waals surface area contributed by atoms with Gasteiger partial charge in [-0.15, -0.1) is 0 Å². The first-order chi connectivity index (χ1) is 15.1. The van der Waals surface area contributed by atoms with Crippen molar-refractivity contribution in [1.29, 1.82) is 0 Å². The molecule has 1 fully saturated rings. The minimum atomic E-state index is 0.106. The second kappa shape index (κ2) is 9.37. The van der Waals surface area contributed by atoms with Gasteiger partial charge in [0.25, 0.3) is 0 Å². The van der Waals surface area contributed by atoms with Crippen molar-refractivity contribution in [3.8, 4) is 0 Å². The Morgan fingerprint density at radius 3 is 2.90 bits per heavy atom. The molecule has 4 heterocycles. The van der Waals surface area contributed by atoms with Crippen LogP contribution in [-0.4, -0.2) is 69.4 Å². The summed E-state index contributed by atoms with van der Waals surface area (Å²) in [5.41, 5.74) is 3.18. The van der Waals surface area contributed by atoms with E-state index in [9.17, 15) is 4.79 Å². The fourth-order valence-corrected chi connectivity index (χ4v) is 4.12. The van der Waals surface area contributed by atoms with Crippen LogP contribution in [0.3, 0.4) is 0 Å². The van der Waals surface area contributed by atoms with Crippen molar-refractivity contribution in [1.82, 2.24) is 29.4 Å². The van der Waals surface area contributed by atoms with Gasteiger partial charge in [0.1, 0.15) is 13.7 Å². The normalized spacial score (nSPS) is 16.5. The third-order valence-corrected chi connectivity index (χ3v) is 5.86. The molecule has 1 N–H and O–H groups in total. The molecule has 9 heteroatoms. The predicted molar refractivity (Wildman–Crippen MR) is 122 cm³/mol. The zero-order valence-electron chi connectivity index (χ0n) is 18.2.